The normalized spacial score (nSPS) is 12.3. The first-order chi connectivity index (χ1) is 18.7. The van der Waals surface area contributed by atoms with Gasteiger partial charge in [0.05, 0.1) is 42.5 Å². The Morgan fingerprint density at radius 3 is 2.44 bits per heavy atom. The molecule has 4 rings (SSSR count). The van der Waals surface area contributed by atoms with Gasteiger partial charge in [0.25, 0.3) is 5.56 Å². The van der Waals surface area contributed by atoms with Crippen LogP contribution in [0.2, 0.25) is 5.02 Å². The fourth-order valence-electron chi connectivity index (χ4n) is 4.31. The summed E-state index contributed by atoms with van der Waals surface area (Å²) in [5.41, 5.74) is 3.70. The third kappa shape index (κ3) is 5.78. The third-order valence-electron chi connectivity index (χ3n) is 6.66. The molecular formula is C31H34ClN3O4. The predicted octanol–water partition coefficient (Wildman–Crippen LogP) is 7.23. The Balaban J connectivity index is 1.91. The van der Waals surface area contributed by atoms with E-state index in [4.69, 9.17) is 30.8 Å². The van der Waals surface area contributed by atoms with E-state index in [0.29, 0.717) is 38.8 Å². The van der Waals surface area contributed by atoms with Crippen LogP contribution in [0, 0.1) is 6.92 Å². The minimum Gasteiger partial charge on any atom is -0.496 e. The molecule has 39 heavy (non-hydrogen) atoms. The van der Waals surface area contributed by atoms with Crippen LogP contribution >= 0.6 is 11.6 Å². The van der Waals surface area contributed by atoms with Crippen LogP contribution < -0.4 is 19.8 Å². The Morgan fingerprint density at radius 1 is 1.05 bits per heavy atom. The molecule has 0 amide bonds. The van der Waals surface area contributed by atoms with Crippen molar-refractivity contribution in [3.63, 3.8) is 0 Å². The van der Waals surface area contributed by atoms with Crippen LogP contribution in [0.25, 0.3) is 22.3 Å². The molecule has 204 valence electrons. The van der Waals surface area contributed by atoms with Gasteiger partial charge < -0.3 is 14.2 Å². The molecule has 0 aliphatic carbocycles. The Bertz CT molecular complexity index is 1590. The summed E-state index contributed by atoms with van der Waals surface area (Å²) in [6, 6.07) is 14.8. The topological polar surface area (TPSA) is 74.9 Å². The number of para-hydroxylation sites is 1. The molecule has 1 aromatic heterocycles. The van der Waals surface area contributed by atoms with Crippen LogP contribution in [0.5, 0.6) is 17.2 Å². The molecule has 4 aromatic rings. The molecule has 8 heteroatoms. The van der Waals surface area contributed by atoms with Crippen molar-refractivity contribution < 1.29 is 14.2 Å². The number of ether oxygens (including phenoxy) is 3. The summed E-state index contributed by atoms with van der Waals surface area (Å²) in [4.78, 5) is 18.6. The number of aryl methyl sites for hydroxylation is 1. The van der Waals surface area contributed by atoms with Crippen molar-refractivity contribution in [1.29, 1.82) is 0 Å². The predicted molar refractivity (Wildman–Crippen MR) is 158 cm³/mol. The molecule has 0 radical (unpaired) electrons. The summed E-state index contributed by atoms with van der Waals surface area (Å²) in [6.45, 7) is 10.2. The van der Waals surface area contributed by atoms with Gasteiger partial charge in [0, 0.05) is 5.56 Å². The second-order valence-electron chi connectivity index (χ2n) is 9.75. The number of hydrogen-bond donors (Lipinski definition) is 0. The molecule has 0 bridgehead atoms. The molecule has 0 saturated heterocycles. The number of methoxy groups -OCH3 is 2. The molecule has 0 unspecified atom stereocenters. The van der Waals surface area contributed by atoms with E-state index < -0.39 is 0 Å². The summed E-state index contributed by atoms with van der Waals surface area (Å²) in [6.07, 6.45) is 2.38. The zero-order valence-electron chi connectivity index (χ0n) is 23.4. The van der Waals surface area contributed by atoms with E-state index in [1.807, 2.05) is 51.1 Å². The molecule has 0 fully saturated rings. The quantitative estimate of drug-likeness (QED) is 0.207. The summed E-state index contributed by atoms with van der Waals surface area (Å²) in [5.74, 6) is 2.40. The van der Waals surface area contributed by atoms with Crippen LogP contribution in [0.15, 0.2) is 58.4 Å². The Labute approximate surface area is 234 Å². The zero-order chi connectivity index (χ0) is 28.3. The van der Waals surface area contributed by atoms with E-state index in [0.717, 1.165) is 28.9 Å². The minimum absolute atomic E-state index is 0.0239. The maximum Gasteiger partial charge on any atom is 0.282 e. The van der Waals surface area contributed by atoms with Crippen LogP contribution in [0.4, 0.5) is 0 Å². The number of fused-ring (bicyclic) bond motifs is 1. The van der Waals surface area contributed by atoms with E-state index in [2.05, 4.69) is 18.9 Å². The van der Waals surface area contributed by atoms with Crippen LogP contribution in [0.3, 0.4) is 0 Å². The zero-order valence-corrected chi connectivity index (χ0v) is 24.2. The molecule has 1 heterocycles. The number of nitrogens with zero attached hydrogens (tertiary/aromatic N) is 3. The second kappa shape index (κ2) is 11.9. The van der Waals surface area contributed by atoms with E-state index >= 15 is 0 Å². The first-order valence-corrected chi connectivity index (χ1v) is 13.3. The molecule has 3 aromatic carbocycles. The van der Waals surface area contributed by atoms with Gasteiger partial charge in [-0.25, -0.2) is 4.98 Å². The minimum atomic E-state index is -0.275. The molecule has 1 atom stereocenters. The van der Waals surface area contributed by atoms with Gasteiger partial charge in [0.15, 0.2) is 17.3 Å². The molecular weight excluding hydrogens is 514 g/mol. The van der Waals surface area contributed by atoms with Gasteiger partial charge in [-0.05, 0) is 79.3 Å². The van der Waals surface area contributed by atoms with E-state index in [9.17, 15) is 4.79 Å². The molecule has 0 aliphatic heterocycles. The van der Waals surface area contributed by atoms with Crippen molar-refractivity contribution in [2.45, 2.75) is 53.1 Å². The van der Waals surface area contributed by atoms with Gasteiger partial charge in [-0.3, -0.25) is 4.79 Å². The van der Waals surface area contributed by atoms with Gasteiger partial charge in [-0.15, -0.1) is 0 Å². The number of rotatable bonds is 9. The Morgan fingerprint density at radius 2 is 1.77 bits per heavy atom. The molecule has 0 aliphatic rings. The van der Waals surface area contributed by atoms with E-state index in [1.54, 1.807) is 38.6 Å². The van der Waals surface area contributed by atoms with Crippen molar-refractivity contribution in [2.75, 3.05) is 14.2 Å². The average Bonchev–Trinajstić information content (AvgIpc) is 2.93. The molecule has 0 saturated carbocycles. The van der Waals surface area contributed by atoms with E-state index in [1.165, 1.54) is 4.68 Å². The summed E-state index contributed by atoms with van der Waals surface area (Å²) in [7, 11) is 3.22. The summed E-state index contributed by atoms with van der Waals surface area (Å²) >= 11 is 6.57. The van der Waals surface area contributed by atoms with Gasteiger partial charge in [-0.1, -0.05) is 44.5 Å². The second-order valence-corrected chi connectivity index (χ2v) is 10.2. The highest BCUT2D eigenvalue weighted by molar-refractivity contribution is 6.32. The Kier molecular flexibility index (Phi) is 8.60. The lowest BCUT2D eigenvalue weighted by molar-refractivity contribution is 0.208. The molecule has 0 N–H and O–H groups in total. The fraction of sp³-hybridized carbons (Fsp3) is 0.323. The van der Waals surface area contributed by atoms with Crippen LogP contribution in [-0.4, -0.2) is 36.2 Å². The van der Waals surface area contributed by atoms with Crippen molar-refractivity contribution in [3.05, 3.63) is 80.6 Å². The monoisotopic (exact) mass is 547 g/mol. The van der Waals surface area contributed by atoms with Gasteiger partial charge in [0.2, 0.25) is 0 Å². The number of benzene rings is 3. The smallest absolute Gasteiger partial charge is 0.282 e. The fourth-order valence-corrected chi connectivity index (χ4v) is 4.57. The van der Waals surface area contributed by atoms with E-state index in [-0.39, 0.29) is 17.6 Å². The third-order valence-corrected chi connectivity index (χ3v) is 6.94. The standard InChI is InChI=1S/C31H34ClN3O4/c1-8-20(5)39-29-25(32)14-21(15-28(29)38-7)17-33-35-30(34-26-12-10-9-11-22(26)31(35)36)24-16-23(18(2)3)27(37-6)13-19(24)4/h9-18,20H,8H2,1-7H3/t20-/m1/s1. The molecule has 0 spiro atoms. The average molecular weight is 548 g/mol. The van der Waals surface area contributed by atoms with Crippen molar-refractivity contribution >= 4 is 28.7 Å². The van der Waals surface area contributed by atoms with Gasteiger partial charge in [0.1, 0.15) is 5.75 Å². The van der Waals surface area contributed by atoms with Gasteiger partial charge >= 0.3 is 0 Å². The van der Waals surface area contributed by atoms with Crippen molar-refractivity contribution in [1.82, 2.24) is 9.66 Å². The van der Waals surface area contributed by atoms with Crippen LogP contribution in [-0.2, 0) is 0 Å². The van der Waals surface area contributed by atoms with Crippen molar-refractivity contribution in [2.24, 2.45) is 5.10 Å². The Hall–Kier alpha value is -3.84. The number of halogens is 1. The van der Waals surface area contributed by atoms with Crippen molar-refractivity contribution in [3.8, 4) is 28.6 Å². The van der Waals surface area contributed by atoms with Gasteiger partial charge in [-0.2, -0.15) is 9.78 Å². The summed E-state index contributed by atoms with van der Waals surface area (Å²) < 4.78 is 18.5. The SMILES string of the molecule is CC[C@@H](C)Oc1c(Cl)cc(C=Nn2c(-c3cc(C(C)C)c(OC)cc3C)nc3ccccc3c2=O)cc1OC. The maximum atomic E-state index is 13.7. The lowest BCUT2D eigenvalue weighted by Crippen LogP contribution is -2.21. The summed E-state index contributed by atoms with van der Waals surface area (Å²) in [5, 5.41) is 5.48. The highest BCUT2D eigenvalue weighted by Crippen LogP contribution is 2.37. The number of hydrogen-bond acceptors (Lipinski definition) is 6. The van der Waals surface area contributed by atoms with Crippen LogP contribution in [0.1, 0.15) is 56.7 Å². The lowest BCUT2D eigenvalue weighted by Gasteiger charge is -2.18. The number of aromatic nitrogens is 2. The first kappa shape index (κ1) is 28.2. The highest BCUT2D eigenvalue weighted by Gasteiger charge is 2.19. The highest BCUT2D eigenvalue weighted by atomic mass is 35.5. The first-order valence-electron chi connectivity index (χ1n) is 13.0. The maximum absolute atomic E-state index is 13.7. The largest absolute Gasteiger partial charge is 0.496 e. The molecule has 7 nitrogen and oxygen atoms in total. The lowest BCUT2D eigenvalue weighted by atomic mass is 9.96.